The number of piperazine rings is 1. The van der Waals surface area contributed by atoms with Crippen molar-refractivity contribution in [2.24, 2.45) is 0 Å². The summed E-state index contributed by atoms with van der Waals surface area (Å²) in [6, 6.07) is 11.3. The van der Waals surface area contributed by atoms with E-state index in [0.717, 1.165) is 52.6 Å². The van der Waals surface area contributed by atoms with Crippen LogP contribution in [0.1, 0.15) is 23.3 Å². The van der Waals surface area contributed by atoms with E-state index >= 15 is 0 Å². The summed E-state index contributed by atoms with van der Waals surface area (Å²) >= 11 is 0. The first-order valence-corrected chi connectivity index (χ1v) is 13.0. The highest BCUT2D eigenvalue weighted by Gasteiger charge is 2.31. The van der Waals surface area contributed by atoms with Gasteiger partial charge in [-0.25, -0.2) is 8.42 Å². The third kappa shape index (κ3) is 3.78. The molecule has 0 aliphatic carbocycles. The van der Waals surface area contributed by atoms with Gasteiger partial charge in [-0.15, -0.1) is 6.58 Å². The predicted octanol–water partition coefficient (Wildman–Crippen LogP) is 2.80. The van der Waals surface area contributed by atoms with Crippen molar-refractivity contribution in [1.82, 2.24) is 14.1 Å². The van der Waals surface area contributed by atoms with Gasteiger partial charge in [-0.05, 0) is 48.9 Å². The molecule has 0 spiro atoms. The van der Waals surface area contributed by atoms with Gasteiger partial charge >= 0.3 is 0 Å². The molecule has 2 aliphatic rings. The van der Waals surface area contributed by atoms with Gasteiger partial charge in [-0.1, -0.05) is 18.2 Å². The quantitative estimate of drug-likeness (QED) is 0.524. The summed E-state index contributed by atoms with van der Waals surface area (Å²) in [5, 5.41) is 4.08. The molecule has 0 radical (unpaired) electrons. The smallest absolute Gasteiger partial charge is 0.265 e. The SMILES string of the molecule is C=CC(c1ccc2c(c1)CCN2C(C)=O)S(=O)(=O)n1ncc2ccc(N3CCN(C)CC3)cc21. The Morgan fingerprint density at radius 2 is 1.85 bits per heavy atom. The van der Waals surface area contributed by atoms with Gasteiger partial charge in [0.15, 0.2) is 0 Å². The second-order valence-electron chi connectivity index (χ2n) is 9.03. The molecule has 1 unspecified atom stereocenters. The maximum absolute atomic E-state index is 13.8. The lowest BCUT2D eigenvalue weighted by atomic mass is 10.1. The molecule has 1 amide bonds. The molecule has 0 N–H and O–H groups in total. The summed E-state index contributed by atoms with van der Waals surface area (Å²) in [6.45, 7) is 9.70. The van der Waals surface area contributed by atoms with Crippen LogP contribution in [0, 0.1) is 0 Å². The Hall–Kier alpha value is -3.17. The standard InChI is InChI=1S/C25H29N5O3S/c1-4-25(20-6-8-23-19(15-20)9-10-29(23)18(2)31)34(32,33)30-24-16-22(7-5-21(24)17-26-30)28-13-11-27(3)12-14-28/h4-8,15-17,25H,1,9-14H2,2-3H3. The van der Waals surface area contributed by atoms with Gasteiger partial charge in [0.25, 0.3) is 10.0 Å². The molecule has 8 nitrogen and oxygen atoms in total. The van der Waals surface area contributed by atoms with Crippen LogP contribution >= 0.6 is 0 Å². The van der Waals surface area contributed by atoms with Crippen LogP contribution in [0.5, 0.6) is 0 Å². The van der Waals surface area contributed by atoms with Crippen LogP contribution in [-0.2, 0) is 21.2 Å². The summed E-state index contributed by atoms with van der Waals surface area (Å²) in [7, 11) is -1.81. The van der Waals surface area contributed by atoms with E-state index < -0.39 is 15.3 Å². The number of fused-ring (bicyclic) bond motifs is 2. The largest absolute Gasteiger partial charge is 0.369 e. The van der Waals surface area contributed by atoms with Crippen LogP contribution in [0.15, 0.2) is 55.3 Å². The van der Waals surface area contributed by atoms with Crippen molar-refractivity contribution < 1.29 is 13.2 Å². The number of hydrogen-bond acceptors (Lipinski definition) is 6. The Balaban J connectivity index is 1.51. The molecular weight excluding hydrogens is 450 g/mol. The first-order valence-electron chi connectivity index (χ1n) is 11.5. The fourth-order valence-corrected chi connectivity index (χ4v) is 6.47. The number of hydrogen-bond donors (Lipinski definition) is 0. The topological polar surface area (TPSA) is 78.8 Å². The fraction of sp³-hybridized carbons (Fsp3) is 0.360. The van der Waals surface area contributed by atoms with Crippen LogP contribution in [-0.4, -0.2) is 68.2 Å². The number of likely N-dealkylation sites (N-methyl/N-ethyl adjacent to an activating group) is 1. The van der Waals surface area contributed by atoms with E-state index in [1.165, 1.54) is 6.08 Å². The summed E-state index contributed by atoms with van der Waals surface area (Å²) in [6.07, 6.45) is 3.74. The van der Waals surface area contributed by atoms with Crippen molar-refractivity contribution in [2.75, 3.05) is 49.6 Å². The van der Waals surface area contributed by atoms with E-state index in [2.05, 4.69) is 28.5 Å². The van der Waals surface area contributed by atoms with Gasteiger partial charge in [-0.2, -0.15) is 9.19 Å². The molecule has 2 aliphatic heterocycles. The minimum absolute atomic E-state index is 0.0152. The fourth-order valence-electron chi connectivity index (χ4n) is 4.91. The van der Waals surface area contributed by atoms with Crippen LogP contribution in [0.3, 0.4) is 0 Å². The van der Waals surface area contributed by atoms with Crippen LogP contribution < -0.4 is 9.80 Å². The van der Waals surface area contributed by atoms with E-state index in [1.54, 1.807) is 24.1 Å². The highest BCUT2D eigenvalue weighted by molar-refractivity contribution is 7.90. The lowest BCUT2D eigenvalue weighted by molar-refractivity contribution is -0.116. The van der Waals surface area contributed by atoms with Crippen molar-refractivity contribution in [3.8, 4) is 0 Å². The Morgan fingerprint density at radius 1 is 1.09 bits per heavy atom. The summed E-state index contributed by atoms with van der Waals surface area (Å²) in [4.78, 5) is 18.2. The van der Waals surface area contributed by atoms with Crippen molar-refractivity contribution >= 4 is 38.2 Å². The maximum atomic E-state index is 13.8. The zero-order chi connectivity index (χ0) is 24.0. The van der Waals surface area contributed by atoms with Gasteiger partial charge < -0.3 is 14.7 Å². The second-order valence-corrected chi connectivity index (χ2v) is 10.9. The molecule has 3 heterocycles. The lowest BCUT2D eigenvalue weighted by Gasteiger charge is -2.34. The summed E-state index contributed by atoms with van der Waals surface area (Å²) in [5.74, 6) is -0.0152. The lowest BCUT2D eigenvalue weighted by Crippen LogP contribution is -2.44. The molecule has 1 fully saturated rings. The van der Waals surface area contributed by atoms with Gasteiger partial charge in [0.1, 0.15) is 5.25 Å². The van der Waals surface area contributed by atoms with E-state index in [9.17, 15) is 13.2 Å². The Labute approximate surface area is 200 Å². The minimum Gasteiger partial charge on any atom is -0.369 e. The average Bonchev–Trinajstić information content (AvgIpc) is 3.44. The van der Waals surface area contributed by atoms with Crippen molar-refractivity contribution in [1.29, 1.82) is 0 Å². The van der Waals surface area contributed by atoms with Crippen molar-refractivity contribution in [2.45, 2.75) is 18.6 Å². The number of amides is 1. The molecule has 1 atom stereocenters. The van der Waals surface area contributed by atoms with Gasteiger partial charge in [0, 0.05) is 56.4 Å². The highest BCUT2D eigenvalue weighted by Crippen LogP contribution is 2.35. The Morgan fingerprint density at radius 3 is 2.56 bits per heavy atom. The number of carbonyl (C=O) groups excluding carboxylic acids is 1. The monoisotopic (exact) mass is 479 g/mol. The number of benzene rings is 2. The highest BCUT2D eigenvalue weighted by atomic mass is 32.2. The molecule has 1 saturated heterocycles. The number of carbonyl (C=O) groups is 1. The molecule has 0 bridgehead atoms. The first-order chi connectivity index (χ1) is 16.3. The molecule has 2 aromatic carbocycles. The number of aromatic nitrogens is 2. The second kappa shape index (κ2) is 8.56. The predicted molar refractivity (Wildman–Crippen MR) is 135 cm³/mol. The van der Waals surface area contributed by atoms with E-state index in [4.69, 9.17) is 0 Å². The maximum Gasteiger partial charge on any atom is 0.265 e. The van der Waals surface area contributed by atoms with Crippen LogP contribution in [0.25, 0.3) is 10.9 Å². The minimum atomic E-state index is -3.91. The van der Waals surface area contributed by atoms with Crippen LogP contribution in [0.4, 0.5) is 11.4 Å². The molecule has 34 heavy (non-hydrogen) atoms. The zero-order valence-electron chi connectivity index (χ0n) is 19.5. The number of nitrogens with zero attached hydrogens (tertiary/aromatic N) is 5. The zero-order valence-corrected chi connectivity index (χ0v) is 20.3. The van der Waals surface area contributed by atoms with E-state index in [0.29, 0.717) is 24.0 Å². The molecule has 0 saturated carbocycles. The third-order valence-corrected chi connectivity index (χ3v) is 8.75. The first kappa shape index (κ1) is 22.6. The van der Waals surface area contributed by atoms with Gasteiger partial charge in [0.05, 0.1) is 11.7 Å². The Bertz CT molecular complexity index is 1370. The van der Waals surface area contributed by atoms with E-state index in [1.807, 2.05) is 30.3 Å². The van der Waals surface area contributed by atoms with Crippen LogP contribution in [0.2, 0.25) is 0 Å². The molecular formula is C25H29N5O3S. The molecule has 3 aromatic rings. The normalized spacial score (nSPS) is 17.7. The molecule has 1 aromatic heterocycles. The summed E-state index contributed by atoms with van der Waals surface area (Å²) < 4.78 is 28.7. The molecule has 9 heteroatoms. The summed E-state index contributed by atoms with van der Waals surface area (Å²) in [5.41, 5.74) is 4.00. The molecule has 178 valence electrons. The third-order valence-electron chi connectivity index (χ3n) is 6.87. The Kier molecular flexibility index (Phi) is 5.69. The van der Waals surface area contributed by atoms with Gasteiger partial charge in [-0.3, -0.25) is 4.79 Å². The van der Waals surface area contributed by atoms with Gasteiger partial charge in [0.2, 0.25) is 5.91 Å². The number of anilines is 2. The molecule has 5 rings (SSSR count). The van der Waals surface area contributed by atoms with Crippen molar-refractivity contribution in [3.63, 3.8) is 0 Å². The average molecular weight is 480 g/mol. The number of rotatable bonds is 5. The van der Waals surface area contributed by atoms with Crippen molar-refractivity contribution in [3.05, 3.63) is 66.4 Å². The van der Waals surface area contributed by atoms with E-state index in [-0.39, 0.29) is 5.91 Å².